The van der Waals surface area contributed by atoms with Gasteiger partial charge in [0.05, 0.1) is 28.1 Å². The van der Waals surface area contributed by atoms with Gasteiger partial charge in [-0.2, -0.15) is 0 Å². The van der Waals surface area contributed by atoms with Crippen LogP contribution in [0.5, 0.6) is 5.75 Å². The lowest BCUT2D eigenvalue weighted by Crippen LogP contribution is -2.22. The van der Waals surface area contributed by atoms with E-state index in [1.165, 1.54) is 0 Å². The molecule has 5 heteroatoms. The molecule has 0 aliphatic rings. The zero-order valence-electron chi connectivity index (χ0n) is 10.7. The number of ether oxygens (including phenoxy) is 1. The lowest BCUT2D eigenvalue weighted by atomic mass is 10.0. The quantitative estimate of drug-likeness (QED) is 0.858. The summed E-state index contributed by atoms with van der Waals surface area (Å²) in [6.45, 7) is 2.89. The molecule has 2 nitrogen and oxygen atoms in total. The van der Waals surface area contributed by atoms with Gasteiger partial charge in [0, 0.05) is 0 Å². The molecule has 0 amide bonds. The first-order valence-corrected chi connectivity index (χ1v) is 7.61. The lowest BCUT2D eigenvalue weighted by molar-refractivity contribution is 0.408. The van der Waals surface area contributed by atoms with E-state index in [4.69, 9.17) is 27.9 Å². The molecule has 1 unspecified atom stereocenters. The number of halogens is 2. The Bertz CT molecular complexity index is 556. The molecule has 102 valence electrons. The fourth-order valence-electron chi connectivity index (χ4n) is 1.98. The van der Waals surface area contributed by atoms with Gasteiger partial charge in [0.1, 0.15) is 5.75 Å². The Kier molecular flexibility index (Phi) is 5.11. The molecule has 1 aromatic carbocycles. The molecule has 19 heavy (non-hydrogen) atoms. The smallest absolute Gasteiger partial charge is 0.134 e. The predicted molar refractivity (Wildman–Crippen MR) is 82.9 cm³/mol. The molecule has 0 aliphatic carbocycles. The summed E-state index contributed by atoms with van der Waals surface area (Å²) in [5.41, 5.74) is 0.969. The summed E-state index contributed by atoms with van der Waals surface area (Å²) in [4.78, 5) is 1.11. The molecule has 0 saturated heterocycles. The average Bonchev–Trinajstić information content (AvgIpc) is 2.88. The van der Waals surface area contributed by atoms with Crippen molar-refractivity contribution in [2.24, 2.45) is 0 Å². The third kappa shape index (κ3) is 3.06. The Morgan fingerprint density at radius 1 is 1.32 bits per heavy atom. The average molecular weight is 316 g/mol. The number of hydrogen-bond acceptors (Lipinski definition) is 3. The molecule has 1 heterocycles. The minimum absolute atomic E-state index is 0.00819. The van der Waals surface area contributed by atoms with Gasteiger partial charge >= 0.3 is 0 Å². The zero-order chi connectivity index (χ0) is 13.8. The van der Waals surface area contributed by atoms with Crippen LogP contribution in [0.1, 0.15) is 23.4 Å². The minimum Gasteiger partial charge on any atom is -0.496 e. The molecule has 0 spiro atoms. The van der Waals surface area contributed by atoms with E-state index in [1.54, 1.807) is 24.5 Å². The van der Waals surface area contributed by atoms with Crippen LogP contribution in [0.2, 0.25) is 10.0 Å². The standard InChI is InChI=1S/C14H15Cl2NOS/c1-3-17-13(14-11(18-2)7-8-19-14)9-5-4-6-10(15)12(9)16/h4-8,13,17H,3H2,1-2H3. The SMILES string of the molecule is CCNC(c1cccc(Cl)c1Cl)c1sccc1OC. The Hall–Kier alpha value is -0.740. The van der Waals surface area contributed by atoms with E-state index in [2.05, 4.69) is 12.2 Å². The third-order valence-electron chi connectivity index (χ3n) is 2.84. The van der Waals surface area contributed by atoms with Gasteiger partial charge < -0.3 is 10.1 Å². The predicted octanol–water partition coefficient (Wildman–Crippen LogP) is 4.76. The molecule has 0 fully saturated rings. The summed E-state index contributed by atoms with van der Waals surface area (Å²) in [7, 11) is 1.67. The van der Waals surface area contributed by atoms with Crippen molar-refractivity contribution in [1.82, 2.24) is 5.32 Å². The molecule has 1 atom stereocenters. The fraction of sp³-hybridized carbons (Fsp3) is 0.286. The molecule has 0 aliphatic heterocycles. The molecular formula is C14H15Cl2NOS. The third-order valence-corrected chi connectivity index (χ3v) is 4.64. The van der Waals surface area contributed by atoms with E-state index in [9.17, 15) is 0 Å². The number of nitrogens with one attached hydrogen (secondary N) is 1. The summed E-state index contributed by atoms with van der Waals surface area (Å²) in [6.07, 6.45) is 0. The van der Waals surface area contributed by atoms with Crippen molar-refractivity contribution in [3.05, 3.63) is 50.1 Å². The zero-order valence-corrected chi connectivity index (χ0v) is 13.1. The summed E-state index contributed by atoms with van der Waals surface area (Å²) in [5.74, 6) is 0.868. The maximum Gasteiger partial charge on any atom is 0.134 e. The second-order valence-electron chi connectivity index (χ2n) is 3.99. The van der Waals surface area contributed by atoms with Crippen LogP contribution in [0.3, 0.4) is 0 Å². The Labute approximate surface area is 127 Å². The van der Waals surface area contributed by atoms with Gasteiger partial charge in [0.15, 0.2) is 0 Å². The Morgan fingerprint density at radius 2 is 2.11 bits per heavy atom. The Balaban J connectivity index is 2.48. The topological polar surface area (TPSA) is 21.3 Å². The highest BCUT2D eigenvalue weighted by molar-refractivity contribution is 7.10. The van der Waals surface area contributed by atoms with Crippen LogP contribution in [0.4, 0.5) is 0 Å². The van der Waals surface area contributed by atoms with E-state index in [0.717, 1.165) is 22.7 Å². The second-order valence-corrected chi connectivity index (χ2v) is 5.72. The monoisotopic (exact) mass is 315 g/mol. The molecule has 0 radical (unpaired) electrons. The molecule has 0 saturated carbocycles. The van der Waals surface area contributed by atoms with Gasteiger partial charge in [-0.15, -0.1) is 11.3 Å². The van der Waals surface area contributed by atoms with Crippen molar-refractivity contribution in [1.29, 1.82) is 0 Å². The number of rotatable bonds is 5. The van der Waals surface area contributed by atoms with E-state index in [0.29, 0.717) is 10.0 Å². The van der Waals surface area contributed by atoms with Gasteiger partial charge in [0.2, 0.25) is 0 Å². The van der Waals surface area contributed by atoms with Crippen LogP contribution in [-0.4, -0.2) is 13.7 Å². The van der Waals surface area contributed by atoms with Gasteiger partial charge in [-0.25, -0.2) is 0 Å². The van der Waals surface area contributed by atoms with Crippen LogP contribution in [-0.2, 0) is 0 Å². The van der Waals surface area contributed by atoms with Crippen molar-refractivity contribution >= 4 is 34.5 Å². The van der Waals surface area contributed by atoms with E-state index in [-0.39, 0.29) is 6.04 Å². The fourth-order valence-corrected chi connectivity index (χ4v) is 3.35. The summed E-state index contributed by atoms with van der Waals surface area (Å²) in [5, 5.41) is 6.60. The molecule has 1 aromatic heterocycles. The van der Waals surface area contributed by atoms with Crippen molar-refractivity contribution in [2.75, 3.05) is 13.7 Å². The van der Waals surface area contributed by atoms with Gasteiger partial charge in [-0.1, -0.05) is 42.3 Å². The highest BCUT2D eigenvalue weighted by Crippen LogP contribution is 2.39. The highest BCUT2D eigenvalue weighted by Gasteiger charge is 2.21. The van der Waals surface area contributed by atoms with Crippen molar-refractivity contribution in [3.8, 4) is 5.75 Å². The van der Waals surface area contributed by atoms with Crippen LogP contribution in [0, 0.1) is 0 Å². The number of hydrogen-bond donors (Lipinski definition) is 1. The van der Waals surface area contributed by atoms with E-state index >= 15 is 0 Å². The number of methoxy groups -OCH3 is 1. The molecule has 2 aromatic rings. The maximum atomic E-state index is 6.33. The van der Waals surface area contributed by atoms with Crippen molar-refractivity contribution in [3.63, 3.8) is 0 Å². The first kappa shape index (κ1) is 14.7. The normalized spacial score (nSPS) is 12.4. The lowest BCUT2D eigenvalue weighted by Gasteiger charge is -2.20. The van der Waals surface area contributed by atoms with E-state index < -0.39 is 0 Å². The summed E-state index contributed by atoms with van der Waals surface area (Å²) < 4.78 is 5.40. The maximum absolute atomic E-state index is 6.33. The minimum atomic E-state index is -0.00819. The second kappa shape index (κ2) is 6.62. The number of thiophene rings is 1. The molecule has 1 N–H and O–H groups in total. The van der Waals surface area contributed by atoms with Crippen LogP contribution in [0.25, 0.3) is 0 Å². The Morgan fingerprint density at radius 3 is 2.79 bits per heavy atom. The van der Waals surface area contributed by atoms with Crippen LogP contribution in [0.15, 0.2) is 29.6 Å². The van der Waals surface area contributed by atoms with Gasteiger partial charge in [-0.05, 0) is 29.6 Å². The van der Waals surface area contributed by atoms with Gasteiger partial charge in [0.25, 0.3) is 0 Å². The van der Waals surface area contributed by atoms with Crippen LogP contribution < -0.4 is 10.1 Å². The van der Waals surface area contributed by atoms with Gasteiger partial charge in [-0.3, -0.25) is 0 Å². The van der Waals surface area contributed by atoms with Crippen molar-refractivity contribution < 1.29 is 4.74 Å². The molecule has 0 bridgehead atoms. The summed E-state index contributed by atoms with van der Waals surface area (Å²) >= 11 is 14.1. The number of benzene rings is 1. The molecular weight excluding hydrogens is 301 g/mol. The first-order valence-electron chi connectivity index (χ1n) is 5.97. The first-order chi connectivity index (χ1) is 9.19. The molecule has 2 rings (SSSR count). The highest BCUT2D eigenvalue weighted by atomic mass is 35.5. The van der Waals surface area contributed by atoms with Crippen molar-refractivity contribution in [2.45, 2.75) is 13.0 Å². The van der Waals surface area contributed by atoms with Crippen LogP contribution >= 0.6 is 34.5 Å². The van der Waals surface area contributed by atoms with E-state index in [1.807, 2.05) is 23.6 Å². The largest absolute Gasteiger partial charge is 0.496 e. The summed E-state index contributed by atoms with van der Waals surface area (Å²) in [6, 6.07) is 7.64.